The average molecular weight is 277 g/mol. The first-order valence-corrected chi connectivity index (χ1v) is 6.71. The number of rotatable bonds is 4. The standard InChI is InChI=1S/C14H19N3O3/c1-20-14(19)9-4-6-10(7-5-9)17-13-11(12(15)18)3-2-8-16-13/h2-3,8-10H,4-7H2,1H3,(H2,15,18)(H,16,17). The molecule has 1 aliphatic rings. The molecule has 0 radical (unpaired) electrons. The number of nitrogens with one attached hydrogen (secondary N) is 1. The van der Waals surface area contributed by atoms with Crippen molar-refractivity contribution in [1.29, 1.82) is 0 Å². The van der Waals surface area contributed by atoms with Gasteiger partial charge in [-0.05, 0) is 37.8 Å². The predicted molar refractivity (Wildman–Crippen MR) is 74.1 cm³/mol. The minimum atomic E-state index is -0.496. The van der Waals surface area contributed by atoms with E-state index in [0.717, 1.165) is 25.7 Å². The third kappa shape index (κ3) is 3.26. The van der Waals surface area contributed by atoms with E-state index in [2.05, 4.69) is 10.3 Å². The Morgan fingerprint density at radius 3 is 2.65 bits per heavy atom. The van der Waals surface area contributed by atoms with Crippen molar-refractivity contribution in [3.8, 4) is 0 Å². The first-order valence-electron chi connectivity index (χ1n) is 6.71. The quantitative estimate of drug-likeness (QED) is 0.809. The first-order chi connectivity index (χ1) is 9.61. The zero-order chi connectivity index (χ0) is 14.5. The molecule has 0 spiro atoms. The molecular formula is C14H19N3O3. The van der Waals surface area contributed by atoms with Gasteiger partial charge in [0.25, 0.3) is 5.91 Å². The number of esters is 1. The van der Waals surface area contributed by atoms with Gasteiger partial charge in [-0.1, -0.05) is 0 Å². The molecule has 0 aromatic carbocycles. The molecule has 0 unspecified atom stereocenters. The summed E-state index contributed by atoms with van der Waals surface area (Å²) >= 11 is 0. The maximum absolute atomic E-state index is 11.5. The maximum Gasteiger partial charge on any atom is 0.308 e. The van der Waals surface area contributed by atoms with Gasteiger partial charge in [0.15, 0.2) is 0 Å². The van der Waals surface area contributed by atoms with E-state index in [1.165, 1.54) is 7.11 Å². The van der Waals surface area contributed by atoms with Crippen molar-refractivity contribution < 1.29 is 14.3 Å². The number of aromatic nitrogens is 1. The van der Waals surface area contributed by atoms with Crippen molar-refractivity contribution in [3.63, 3.8) is 0 Å². The average Bonchev–Trinajstić information content (AvgIpc) is 2.47. The number of carbonyl (C=O) groups is 2. The summed E-state index contributed by atoms with van der Waals surface area (Å²) in [5, 5.41) is 3.24. The fraction of sp³-hybridized carbons (Fsp3) is 0.500. The zero-order valence-corrected chi connectivity index (χ0v) is 11.5. The van der Waals surface area contributed by atoms with Gasteiger partial charge in [-0.2, -0.15) is 0 Å². The van der Waals surface area contributed by atoms with Crippen LogP contribution in [0.1, 0.15) is 36.0 Å². The topological polar surface area (TPSA) is 94.3 Å². The smallest absolute Gasteiger partial charge is 0.308 e. The Labute approximate surface area is 117 Å². The zero-order valence-electron chi connectivity index (χ0n) is 11.5. The molecule has 0 atom stereocenters. The number of primary amides is 1. The van der Waals surface area contributed by atoms with Gasteiger partial charge in [-0.25, -0.2) is 4.98 Å². The van der Waals surface area contributed by atoms with E-state index in [-0.39, 0.29) is 17.9 Å². The van der Waals surface area contributed by atoms with Crippen LogP contribution < -0.4 is 11.1 Å². The molecule has 6 heteroatoms. The molecular weight excluding hydrogens is 258 g/mol. The number of carbonyl (C=O) groups excluding carboxylic acids is 2. The van der Waals surface area contributed by atoms with Crippen LogP contribution in [0.2, 0.25) is 0 Å². The second-order valence-corrected chi connectivity index (χ2v) is 4.98. The molecule has 108 valence electrons. The Balaban J connectivity index is 1.96. The SMILES string of the molecule is COC(=O)C1CCC(Nc2ncccc2C(N)=O)CC1. The van der Waals surface area contributed by atoms with Crippen molar-refractivity contribution in [1.82, 2.24) is 4.98 Å². The number of nitrogens with two attached hydrogens (primary N) is 1. The van der Waals surface area contributed by atoms with Crippen LogP contribution in [0.15, 0.2) is 18.3 Å². The number of hydrogen-bond donors (Lipinski definition) is 2. The Kier molecular flexibility index (Phi) is 4.55. The summed E-state index contributed by atoms with van der Waals surface area (Å²) in [6.07, 6.45) is 4.87. The second kappa shape index (κ2) is 6.36. The molecule has 0 bridgehead atoms. The molecule has 1 aliphatic carbocycles. The van der Waals surface area contributed by atoms with E-state index in [4.69, 9.17) is 10.5 Å². The Bertz CT molecular complexity index is 496. The van der Waals surface area contributed by atoms with Gasteiger partial charge < -0.3 is 15.8 Å². The molecule has 1 heterocycles. The molecule has 1 amide bonds. The van der Waals surface area contributed by atoms with Gasteiger partial charge >= 0.3 is 5.97 Å². The van der Waals surface area contributed by atoms with Crippen LogP contribution in [0, 0.1) is 5.92 Å². The lowest BCUT2D eigenvalue weighted by Gasteiger charge is -2.28. The summed E-state index contributed by atoms with van der Waals surface area (Å²) in [5.41, 5.74) is 5.71. The highest BCUT2D eigenvalue weighted by Crippen LogP contribution is 2.27. The Hall–Kier alpha value is -2.11. The van der Waals surface area contributed by atoms with Gasteiger partial charge in [0.2, 0.25) is 0 Å². The van der Waals surface area contributed by atoms with Crippen LogP contribution in [-0.4, -0.2) is 30.0 Å². The van der Waals surface area contributed by atoms with Crippen LogP contribution in [0.4, 0.5) is 5.82 Å². The Morgan fingerprint density at radius 2 is 2.05 bits per heavy atom. The molecule has 6 nitrogen and oxygen atoms in total. The lowest BCUT2D eigenvalue weighted by atomic mass is 9.86. The van der Waals surface area contributed by atoms with E-state index < -0.39 is 5.91 Å². The van der Waals surface area contributed by atoms with Crippen LogP contribution in [0.5, 0.6) is 0 Å². The monoisotopic (exact) mass is 277 g/mol. The lowest BCUT2D eigenvalue weighted by Crippen LogP contribution is -2.31. The van der Waals surface area contributed by atoms with Crippen molar-refractivity contribution in [2.75, 3.05) is 12.4 Å². The maximum atomic E-state index is 11.5. The summed E-state index contributed by atoms with van der Waals surface area (Å²) in [5.74, 6) is -0.137. The number of methoxy groups -OCH3 is 1. The lowest BCUT2D eigenvalue weighted by molar-refractivity contribution is -0.146. The second-order valence-electron chi connectivity index (χ2n) is 4.98. The van der Waals surface area contributed by atoms with Gasteiger partial charge in [-0.15, -0.1) is 0 Å². The van der Waals surface area contributed by atoms with Crippen molar-refractivity contribution in [2.45, 2.75) is 31.7 Å². The molecule has 2 rings (SSSR count). The summed E-state index contributed by atoms with van der Waals surface area (Å²) in [4.78, 5) is 26.9. The summed E-state index contributed by atoms with van der Waals surface area (Å²) in [7, 11) is 1.42. The molecule has 3 N–H and O–H groups in total. The predicted octanol–water partition coefficient (Wildman–Crippen LogP) is 1.32. The largest absolute Gasteiger partial charge is 0.469 e. The molecule has 1 aromatic heterocycles. The van der Waals surface area contributed by atoms with Crippen LogP contribution in [-0.2, 0) is 9.53 Å². The highest BCUT2D eigenvalue weighted by Gasteiger charge is 2.27. The van der Waals surface area contributed by atoms with E-state index in [0.29, 0.717) is 11.4 Å². The van der Waals surface area contributed by atoms with E-state index in [9.17, 15) is 9.59 Å². The van der Waals surface area contributed by atoms with E-state index in [1.54, 1.807) is 18.3 Å². The van der Waals surface area contributed by atoms with Crippen molar-refractivity contribution in [3.05, 3.63) is 23.9 Å². The number of anilines is 1. The first kappa shape index (κ1) is 14.3. The van der Waals surface area contributed by atoms with Gasteiger partial charge in [0.05, 0.1) is 18.6 Å². The van der Waals surface area contributed by atoms with Gasteiger partial charge in [0.1, 0.15) is 5.82 Å². The van der Waals surface area contributed by atoms with Gasteiger partial charge in [0, 0.05) is 12.2 Å². The minimum absolute atomic E-state index is 0.0163. The Morgan fingerprint density at radius 1 is 1.35 bits per heavy atom. The van der Waals surface area contributed by atoms with Crippen LogP contribution in [0.3, 0.4) is 0 Å². The number of amides is 1. The summed E-state index contributed by atoms with van der Waals surface area (Å²) in [6.45, 7) is 0. The molecule has 1 aromatic rings. The van der Waals surface area contributed by atoms with Crippen molar-refractivity contribution in [2.24, 2.45) is 11.7 Å². The van der Waals surface area contributed by atoms with Crippen LogP contribution in [0.25, 0.3) is 0 Å². The number of nitrogens with zero attached hydrogens (tertiary/aromatic N) is 1. The number of hydrogen-bond acceptors (Lipinski definition) is 5. The molecule has 0 saturated heterocycles. The van der Waals surface area contributed by atoms with E-state index >= 15 is 0 Å². The highest BCUT2D eigenvalue weighted by molar-refractivity contribution is 5.97. The number of pyridine rings is 1. The molecule has 0 aliphatic heterocycles. The molecule has 1 fully saturated rings. The third-order valence-electron chi connectivity index (χ3n) is 3.68. The normalized spacial score (nSPS) is 22.1. The minimum Gasteiger partial charge on any atom is -0.469 e. The fourth-order valence-corrected chi connectivity index (χ4v) is 2.55. The third-order valence-corrected chi connectivity index (χ3v) is 3.68. The molecule has 1 saturated carbocycles. The van der Waals surface area contributed by atoms with E-state index in [1.807, 2.05) is 0 Å². The summed E-state index contributed by atoms with van der Waals surface area (Å²) < 4.78 is 4.76. The van der Waals surface area contributed by atoms with Crippen LogP contribution >= 0.6 is 0 Å². The number of ether oxygens (including phenoxy) is 1. The van der Waals surface area contributed by atoms with Gasteiger partial charge in [-0.3, -0.25) is 9.59 Å². The molecule has 20 heavy (non-hydrogen) atoms. The highest BCUT2D eigenvalue weighted by atomic mass is 16.5. The fourth-order valence-electron chi connectivity index (χ4n) is 2.55. The summed E-state index contributed by atoms with van der Waals surface area (Å²) in [6, 6.07) is 3.53. The van der Waals surface area contributed by atoms with Crippen molar-refractivity contribution >= 4 is 17.7 Å².